The number of rotatable bonds is 4. The van der Waals surface area contributed by atoms with Crippen LogP contribution in [0.1, 0.15) is 16.8 Å². The summed E-state index contributed by atoms with van der Waals surface area (Å²) in [5.74, 6) is 0.454. The Bertz CT molecular complexity index is 782. The van der Waals surface area contributed by atoms with Gasteiger partial charge in [-0.15, -0.1) is 0 Å². The topological polar surface area (TPSA) is 58.0 Å². The quantitative estimate of drug-likeness (QED) is 0.308. The maximum atomic E-state index is 13.3. The monoisotopic (exact) mass is 327 g/mol. The number of nitrogens with zero attached hydrogens (tertiary/aromatic N) is 3. The van der Waals surface area contributed by atoms with E-state index in [0.717, 1.165) is 5.69 Å². The highest BCUT2D eigenvalue weighted by molar-refractivity contribution is 6.00. The molecule has 1 aliphatic rings. The fourth-order valence-corrected chi connectivity index (χ4v) is 2.53. The molecule has 1 aliphatic heterocycles. The number of halogens is 1. The second kappa shape index (κ2) is 7.12. The van der Waals surface area contributed by atoms with Crippen molar-refractivity contribution in [2.45, 2.75) is 13.5 Å². The highest BCUT2D eigenvalue weighted by Crippen LogP contribution is 2.21. The van der Waals surface area contributed by atoms with E-state index in [0.29, 0.717) is 35.9 Å². The summed E-state index contributed by atoms with van der Waals surface area (Å²) in [5.41, 5.74) is 2.09. The number of pyridine rings is 1. The van der Waals surface area contributed by atoms with Gasteiger partial charge >= 0.3 is 0 Å². The van der Waals surface area contributed by atoms with Gasteiger partial charge in [0, 0.05) is 18.8 Å². The number of oxime groups is 1. The van der Waals surface area contributed by atoms with Crippen molar-refractivity contribution < 1.29 is 14.3 Å². The van der Waals surface area contributed by atoms with Gasteiger partial charge in [0.05, 0.1) is 5.56 Å². The Kier molecular flexibility index (Phi) is 4.74. The smallest absolute Gasteiger partial charge is 0.225 e. The fourth-order valence-electron chi connectivity index (χ4n) is 2.53. The highest BCUT2D eigenvalue weighted by Gasteiger charge is 2.20. The molecule has 1 N–H and O–H groups in total. The van der Waals surface area contributed by atoms with E-state index in [1.54, 1.807) is 12.1 Å². The minimum absolute atomic E-state index is 0.179. The average Bonchev–Trinajstić information content (AvgIpc) is 3.09. The molecule has 124 valence electrons. The number of hydrogen-bond acceptors (Lipinski definition) is 4. The number of aryl methyl sites for hydroxylation is 1. The summed E-state index contributed by atoms with van der Waals surface area (Å²) in [4.78, 5) is 6.30. The standard InChI is InChI=1S/C18H18FN3O2/c1-13-7-8-16(17(21-23)22-9-2-3-10-22)18(20-13)24-12-14-5-4-6-15(19)11-14/h2-8,11,23H,9-10,12H2,1H3/b21-17-. The van der Waals surface area contributed by atoms with Crippen molar-refractivity contribution in [1.29, 1.82) is 0 Å². The molecule has 0 spiro atoms. The van der Waals surface area contributed by atoms with Gasteiger partial charge in [-0.2, -0.15) is 0 Å². The molecule has 0 aliphatic carbocycles. The van der Waals surface area contributed by atoms with Gasteiger partial charge in [-0.3, -0.25) is 0 Å². The molecule has 2 aromatic rings. The Hall–Kier alpha value is -2.89. The molecule has 3 rings (SSSR count). The van der Waals surface area contributed by atoms with Crippen LogP contribution >= 0.6 is 0 Å². The van der Waals surface area contributed by atoms with E-state index in [-0.39, 0.29) is 12.4 Å². The Morgan fingerprint density at radius 3 is 2.79 bits per heavy atom. The Morgan fingerprint density at radius 1 is 1.29 bits per heavy atom. The molecule has 0 atom stereocenters. The number of hydrogen-bond donors (Lipinski definition) is 1. The minimum atomic E-state index is -0.311. The summed E-state index contributed by atoms with van der Waals surface area (Å²) in [7, 11) is 0. The fraction of sp³-hybridized carbons (Fsp3) is 0.222. The van der Waals surface area contributed by atoms with Crippen LogP contribution in [0.5, 0.6) is 5.88 Å². The van der Waals surface area contributed by atoms with Crippen molar-refractivity contribution in [3.05, 3.63) is 71.2 Å². The van der Waals surface area contributed by atoms with Gasteiger partial charge in [-0.25, -0.2) is 9.37 Å². The largest absolute Gasteiger partial charge is 0.472 e. The molecule has 6 heteroatoms. The molecule has 0 bridgehead atoms. The van der Waals surface area contributed by atoms with Crippen LogP contribution in [-0.2, 0) is 6.61 Å². The number of benzene rings is 1. The number of ether oxygens (including phenoxy) is 1. The lowest BCUT2D eigenvalue weighted by molar-refractivity contribution is 0.288. The molecule has 2 heterocycles. The predicted octanol–water partition coefficient (Wildman–Crippen LogP) is 3.12. The highest BCUT2D eigenvalue weighted by atomic mass is 19.1. The minimum Gasteiger partial charge on any atom is -0.472 e. The first-order valence-corrected chi connectivity index (χ1v) is 7.64. The number of aromatic nitrogens is 1. The summed E-state index contributed by atoms with van der Waals surface area (Å²) in [5, 5.41) is 12.9. The van der Waals surface area contributed by atoms with Crippen LogP contribution in [0, 0.1) is 12.7 Å². The average molecular weight is 327 g/mol. The van der Waals surface area contributed by atoms with Crippen LogP contribution in [0.2, 0.25) is 0 Å². The third-order valence-electron chi connectivity index (χ3n) is 3.72. The molecule has 1 aromatic carbocycles. The van der Waals surface area contributed by atoms with Crippen LogP contribution < -0.4 is 4.74 Å². The molecule has 24 heavy (non-hydrogen) atoms. The van der Waals surface area contributed by atoms with E-state index in [1.807, 2.05) is 36.1 Å². The zero-order chi connectivity index (χ0) is 16.9. The van der Waals surface area contributed by atoms with Gasteiger partial charge in [0.15, 0.2) is 5.84 Å². The SMILES string of the molecule is Cc1ccc(/C(=N/O)N2CC=CC2)c(OCc2cccc(F)c2)n1. The molecular formula is C18H18FN3O2. The third-order valence-corrected chi connectivity index (χ3v) is 3.72. The zero-order valence-electron chi connectivity index (χ0n) is 13.3. The van der Waals surface area contributed by atoms with Gasteiger partial charge in [0.2, 0.25) is 5.88 Å². The molecule has 0 saturated heterocycles. The van der Waals surface area contributed by atoms with Crippen LogP contribution in [0.4, 0.5) is 4.39 Å². The predicted molar refractivity (Wildman–Crippen MR) is 88.7 cm³/mol. The van der Waals surface area contributed by atoms with Gasteiger partial charge < -0.3 is 14.8 Å². The Balaban J connectivity index is 1.85. The Labute approximate surface area is 139 Å². The van der Waals surface area contributed by atoms with E-state index in [1.165, 1.54) is 12.1 Å². The van der Waals surface area contributed by atoms with E-state index in [4.69, 9.17) is 4.74 Å². The molecule has 5 nitrogen and oxygen atoms in total. The maximum absolute atomic E-state index is 13.3. The molecular weight excluding hydrogens is 309 g/mol. The second-order valence-electron chi connectivity index (χ2n) is 5.52. The van der Waals surface area contributed by atoms with Crippen molar-refractivity contribution in [2.24, 2.45) is 5.16 Å². The van der Waals surface area contributed by atoms with E-state index >= 15 is 0 Å². The second-order valence-corrected chi connectivity index (χ2v) is 5.52. The summed E-state index contributed by atoms with van der Waals surface area (Å²) in [6.07, 6.45) is 4.00. The van der Waals surface area contributed by atoms with Gasteiger partial charge in [0.1, 0.15) is 12.4 Å². The lowest BCUT2D eigenvalue weighted by Gasteiger charge is -2.20. The first kappa shape index (κ1) is 16.0. The molecule has 1 aromatic heterocycles. The third kappa shape index (κ3) is 3.53. The van der Waals surface area contributed by atoms with Crippen LogP contribution in [0.3, 0.4) is 0 Å². The van der Waals surface area contributed by atoms with Crippen LogP contribution in [-0.4, -0.2) is 34.0 Å². The lowest BCUT2D eigenvalue weighted by atomic mass is 10.2. The first-order chi connectivity index (χ1) is 11.7. The molecule has 0 unspecified atom stereocenters. The van der Waals surface area contributed by atoms with Crippen molar-refractivity contribution in [2.75, 3.05) is 13.1 Å². The van der Waals surface area contributed by atoms with Crippen molar-refractivity contribution in [3.8, 4) is 5.88 Å². The Morgan fingerprint density at radius 2 is 2.08 bits per heavy atom. The van der Waals surface area contributed by atoms with Gasteiger partial charge in [-0.1, -0.05) is 29.4 Å². The van der Waals surface area contributed by atoms with E-state index < -0.39 is 0 Å². The van der Waals surface area contributed by atoms with Crippen molar-refractivity contribution in [3.63, 3.8) is 0 Å². The molecule has 0 amide bonds. The van der Waals surface area contributed by atoms with E-state index in [9.17, 15) is 9.60 Å². The molecule has 0 saturated carbocycles. The maximum Gasteiger partial charge on any atom is 0.225 e. The van der Waals surface area contributed by atoms with Gasteiger partial charge in [0.25, 0.3) is 0 Å². The van der Waals surface area contributed by atoms with Crippen molar-refractivity contribution in [1.82, 2.24) is 9.88 Å². The first-order valence-electron chi connectivity index (χ1n) is 7.64. The zero-order valence-corrected chi connectivity index (χ0v) is 13.3. The summed E-state index contributed by atoms with van der Waals surface area (Å²) in [6.45, 7) is 3.36. The summed E-state index contributed by atoms with van der Waals surface area (Å²) < 4.78 is 19.1. The van der Waals surface area contributed by atoms with Crippen LogP contribution in [0.25, 0.3) is 0 Å². The number of amidine groups is 1. The lowest BCUT2D eigenvalue weighted by Crippen LogP contribution is -2.30. The molecule has 0 radical (unpaired) electrons. The van der Waals surface area contributed by atoms with E-state index in [2.05, 4.69) is 10.1 Å². The summed E-state index contributed by atoms with van der Waals surface area (Å²) in [6, 6.07) is 9.87. The molecule has 0 fully saturated rings. The van der Waals surface area contributed by atoms with Crippen molar-refractivity contribution >= 4 is 5.84 Å². The van der Waals surface area contributed by atoms with Crippen LogP contribution in [0.15, 0.2) is 53.7 Å². The normalized spacial score (nSPS) is 14.2. The summed E-state index contributed by atoms with van der Waals surface area (Å²) >= 11 is 0. The van der Waals surface area contributed by atoms with Gasteiger partial charge in [-0.05, 0) is 36.8 Å².